The summed E-state index contributed by atoms with van der Waals surface area (Å²) in [7, 11) is 0. The third kappa shape index (κ3) is 3.59. The van der Waals surface area contributed by atoms with Gasteiger partial charge in [0, 0.05) is 12.1 Å². The van der Waals surface area contributed by atoms with Crippen LogP contribution in [0, 0.1) is 22.7 Å². The molecule has 0 bridgehead atoms. The molecule has 1 amide bonds. The second-order valence-corrected chi connectivity index (χ2v) is 5.52. The van der Waals surface area contributed by atoms with Gasteiger partial charge in [0.2, 0.25) is 0 Å². The first-order valence-corrected chi connectivity index (χ1v) is 6.15. The molecule has 0 aliphatic heterocycles. The van der Waals surface area contributed by atoms with Crippen LogP contribution in [-0.2, 0) is 0 Å². The van der Waals surface area contributed by atoms with Gasteiger partial charge in [-0.3, -0.25) is 4.79 Å². The van der Waals surface area contributed by atoms with Gasteiger partial charge in [-0.1, -0.05) is 33.8 Å². The molecule has 0 heterocycles. The Balaban J connectivity index is 2.69. The van der Waals surface area contributed by atoms with Crippen LogP contribution in [-0.4, -0.2) is 12.5 Å². The number of nitrogens with zero attached hydrogens (tertiary/aromatic N) is 1. The van der Waals surface area contributed by atoms with Crippen molar-refractivity contribution in [3.63, 3.8) is 0 Å². The minimum absolute atomic E-state index is 0.0580. The van der Waals surface area contributed by atoms with Gasteiger partial charge in [0.1, 0.15) is 0 Å². The zero-order chi connectivity index (χ0) is 13.8. The SMILES string of the molecule is CC(C)C(C)(C)CNC(=O)c1cccc(C#N)c1. The summed E-state index contributed by atoms with van der Waals surface area (Å²) in [5.74, 6) is 0.365. The number of rotatable bonds is 4. The van der Waals surface area contributed by atoms with Crippen molar-refractivity contribution >= 4 is 5.91 Å². The first-order valence-electron chi connectivity index (χ1n) is 6.15. The average molecular weight is 244 g/mol. The molecule has 1 rings (SSSR count). The maximum atomic E-state index is 12.0. The summed E-state index contributed by atoms with van der Waals surface area (Å²) in [5, 5.41) is 11.7. The van der Waals surface area contributed by atoms with Crippen molar-refractivity contribution in [1.29, 1.82) is 5.26 Å². The van der Waals surface area contributed by atoms with Gasteiger partial charge < -0.3 is 5.32 Å². The van der Waals surface area contributed by atoms with E-state index in [-0.39, 0.29) is 11.3 Å². The van der Waals surface area contributed by atoms with Crippen molar-refractivity contribution in [3.05, 3.63) is 35.4 Å². The molecule has 0 atom stereocenters. The smallest absolute Gasteiger partial charge is 0.251 e. The Bertz CT molecular complexity index is 470. The first-order chi connectivity index (χ1) is 8.36. The first kappa shape index (κ1) is 14.2. The lowest BCUT2D eigenvalue weighted by Gasteiger charge is -2.29. The van der Waals surface area contributed by atoms with E-state index in [2.05, 4.69) is 33.0 Å². The van der Waals surface area contributed by atoms with Gasteiger partial charge in [-0.25, -0.2) is 0 Å². The van der Waals surface area contributed by atoms with Crippen molar-refractivity contribution in [1.82, 2.24) is 5.32 Å². The standard InChI is InChI=1S/C15H20N2O/c1-11(2)15(3,4)10-17-14(18)13-7-5-6-12(8-13)9-16/h5-8,11H,10H2,1-4H3,(H,17,18). The molecule has 0 radical (unpaired) electrons. The third-order valence-electron chi connectivity index (χ3n) is 3.52. The van der Waals surface area contributed by atoms with Crippen molar-refractivity contribution in [2.75, 3.05) is 6.54 Å². The van der Waals surface area contributed by atoms with Gasteiger partial charge in [0.15, 0.2) is 0 Å². The molecule has 0 saturated carbocycles. The molecule has 0 aromatic heterocycles. The number of benzene rings is 1. The lowest BCUT2D eigenvalue weighted by molar-refractivity contribution is 0.0925. The Morgan fingerprint density at radius 1 is 1.44 bits per heavy atom. The average Bonchev–Trinajstić information content (AvgIpc) is 2.36. The summed E-state index contributed by atoms with van der Waals surface area (Å²) in [6.07, 6.45) is 0. The summed E-state index contributed by atoms with van der Waals surface area (Å²) < 4.78 is 0. The van der Waals surface area contributed by atoms with Crippen LogP contribution in [0.2, 0.25) is 0 Å². The fourth-order valence-electron chi connectivity index (χ4n) is 1.34. The van der Waals surface area contributed by atoms with Crippen molar-refractivity contribution in [3.8, 4) is 6.07 Å². The van der Waals surface area contributed by atoms with Gasteiger partial charge in [0.25, 0.3) is 5.91 Å². The molecule has 0 fully saturated rings. The Morgan fingerprint density at radius 2 is 2.11 bits per heavy atom. The van der Waals surface area contributed by atoms with Gasteiger partial charge >= 0.3 is 0 Å². The molecule has 0 aliphatic rings. The van der Waals surface area contributed by atoms with E-state index < -0.39 is 0 Å². The quantitative estimate of drug-likeness (QED) is 0.885. The summed E-state index contributed by atoms with van der Waals surface area (Å²) in [6.45, 7) is 9.17. The molecule has 0 spiro atoms. The Labute approximate surface area is 109 Å². The van der Waals surface area contributed by atoms with Crippen LogP contribution in [0.5, 0.6) is 0 Å². The molecule has 96 valence electrons. The zero-order valence-electron chi connectivity index (χ0n) is 11.4. The van der Waals surface area contributed by atoms with Crippen LogP contribution in [0.15, 0.2) is 24.3 Å². The van der Waals surface area contributed by atoms with Crippen LogP contribution in [0.25, 0.3) is 0 Å². The van der Waals surface area contributed by atoms with Crippen LogP contribution in [0.4, 0.5) is 0 Å². The van der Waals surface area contributed by atoms with Gasteiger partial charge in [-0.05, 0) is 29.5 Å². The summed E-state index contributed by atoms with van der Waals surface area (Å²) >= 11 is 0. The summed E-state index contributed by atoms with van der Waals surface area (Å²) in [6, 6.07) is 8.78. The van der Waals surface area contributed by atoms with Crippen LogP contribution in [0.3, 0.4) is 0 Å². The molecule has 0 saturated heterocycles. The van der Waals surface area contributed by atoms with E-state index in [1.165, 1.54) is 0 Å². The van der Waals surface area contributed by atoms with E-state index in [0.717, 1.165) is 0 Å². The van der Waals surface area contributed by atoms with Crippen molar-refractivity contribution < 1.29 is 4.79 Å². The maximum Gasteiger partial charge on any atom is 0.251 e. The van der Waals surface area contributed by atoms with Crippen LogP contribution in [0.1, 0.15) is 43.6 Å². The number of nitriles is 1. The minimum atomic E-state index is -0.124. The van der Waals surface area contributed by atoms with Crippen LogP contribution >= 0.6 is 0 Å². The second kappa shape index (κ2) is 5.68. The van der Waals surface area contributed by atoms with Gasteiger partial charge in [-0.2, -0.15) is 5.26 Å². The topological polar surface area (TPSA) is 52.9 Å². The lowest BCUT2D eigenvalue weighted by Crippen LogP contribution is -2.36. The normalized spacial score (nSPS) is 11.1. The number of hydrogen-bond acceptors (Lipinski definition) is 2. The van der Waals surface area contributed by atoms with E-state index in [0.29, 0.717) is 23.6 Å². The van der Waals surface area contributed by atoms with Crippen molar-refractivity contribution in [2.24, 2.45) is 11.3 Å². The summed E-state index contributed by atoms with van der Waals surface area (Å²) in [5.41, 5.74) is 1.10. The van der Waals surface area contributed by atoms with Crippen LogP contribution < -0.4 is 5.32 Å². The molecule has 18 heavy (non-hydrogen) atoms. The molecule has 3 heteroatoms. The van der Waals surface area contributed by atoms with E-state index in [1.807, 2.05) is 6.07 Å². The van der Waals surface area contributed by atoms with Crippen molar-refractivity contribution in [2.45, 2.75) is 27.7 Å². The molecule has 0 unspecified atom stereocenters. The van der Waals surface area contributed by atoms with Gasteiger partial charge in [-0.15, -0.1) is 0 Å². The highest BCUT2D eigenvalue weighted by atomic mass is 16.1. The molecular formula is C15H20N2O. The zero-order valence-corrected chi connectivity index (χ0v) is 11.4. The van der Waals surface area contributed by atoms with E-state index >= 15 is 0 Å². The fourth-order valence-corrected chi connectivity index (χ4v) is 1.34. The van der Waals surface area contributed by atoms with E-state index in [9.17, 15) is 4.79 Å². The third-order valence-corrected chi connectivity index (χ3v) is 3.52. The molecule has 1 aromatic carbocycles. The largest absolute Gasteiger partial charge is 0.351 e. The number of hydrogen-bond donors (Lipinski definition) is 1. The molecular weight excluding hydrogens is 224 g/mol. The number of amides is 1. The highest BCUT2D eigenvalue weighted by molar-refractivity contribution is 5.94. The fraction of sp³-hybridized carbons (Fsp3) is 0.467. The Hall–Kier alpha value is -1.82. The number of carbonyl (C=O) groups excluding carboxylic acids is 1. The van der Waals surface area contributed by atoms with Gasteiger partial charge in [0.05, 0.1) is 11.6 Å². The lowest BCUT2D eigenvalue weighted by atomic mass is 9.81. The second-order valence-electron chi connectivity index (χ2n) is 5.52. The summed E-state index contributed by atoms with van der Waals surface area (Å²) in [4.78, 5) is 12.0. The molecule has 1 aromatic rings. The monoisotopic (exact) mass is 244 g/mol. The number of nitrogens with one attached hydrogen (secondary N) is 1. The van der Waals surface area contributed by atoms with E-state index in [1.54, 1.807) is 24.3 Å². The minimum Gasteiger partial charge on any atom is -0.351 e. The molecule has 0 aliphatic carbocycles. The highest BCUT2D eigenvalue weighted by Gasteiger charge is 2.23. The van der Waals surface area contributed by atoms with E-state index in [4.69, 9.17) is 5.26 Å². The number of carbonyl (C=O) groups is 1. The maximum absolute atomic E-state index is 12.0. The predicted octanol–water partition coefficient (Wildman–Crippen LogP) is 2.97. The Kier molecular flexibility index (Phi) is 4.49. The Morgan fingerprint density at radius 3 is 2.67 bits per heavy atom. The predicted molar refractivity (Wildman–Crippen MR) is 72.1 cm³/mol. The highest BCUT2D eigenvalue weighted by Crippen LogP contribution is 2.24. The molecule has 3 nitrogen and oxygen atoms in total. The molecule has 1 N–H and O–H groups in total.